The summed E-state index contributed by atoms with van der Waals surface area (Å²) < 4.78 is 2.29. The Balaban J connectivity index is 2.43. The number of hydrogen-bond acceptors (Lipinski definition) is 3. The molecule has 0 aliphatic carbocycles. The van der Waals surface area contributed by atoms with Crippen LogP contribution in [0.1, 0.15) is 32.0 Å². The molecule has 1 amide bonds. The molecule has 0 spiro atoms. The molecule has 19 heavy (non-hydrogen) atoms. The normalized spacial score (nSPS) is 12.6. The zero-order chi connectivity index (χ0) is 14.0. The number of H-pyrrole nitrogens is 1. The minimum atomic E-state index is -0.373. The Hall–Kier alpha value is -1.69. The van der Waals surface area contributed by atoms with Crippen molar-refractivity contribution in [2.45, 2.75) is 33.2 Å². The Morgan fingerprint density at radius 1 is 1.58 bits per heavy atom. The van der Waals surface area contributed by atoms with Crippen LogP contribution in [-0.4, -0.2) is 27.0 Å². The number of pyridine rings is 1. The maximum absolute atomic E-state index is 12.1. The monoisotopic (exact) mass is 278 g/mol. The molecule has 0 radical (unpaired) electrons. The topological polar surface area (TPSA) is 62.7 Å². The minimum Gasteiger partial charge on any atom is -0.354 e. The van der Waals surface area contributed by atoms with Gasteiger partial charge in [-0.1, -0.05) is 6.92 Å². The number of carbonyl (C=O) groups is 1. The van der Waals surface area contributed by atoms with Gasteiger partial charge in [0, 0.05) is 12.2 Å². The van der Waals surface area contributed by atoms with Crippen LogP contribution in [0.15, 0.2) is 12.1 Å². The number of nitrogens with one attached hydrogen (secondary N) is 2. The summed E-state index contributed by atoms with van der Waals surface area (Å²) in [6.45, 7) is 6.44. The van der Waals surface area contributed by atoms with Crippen LogP contribution in [0.3, 0.4) is 0 Å². The van der Waals surface area contributed by atoms with Gasteiger partial charge in [0.2, 0.25) is 5.91 Å². The number of aromatic nitrogens is 3. The van der Waals surface area contributed by atoms with Crippen molar-refractivity contribution < 1.29 is 4.79 Å². The molecule has 0 aromatic carbocycles. The van der Waals surface area contributed by atoms with E-state index in [1.165, 1.54) is 0 Å². The molecule has 2 aromatic heterocycles. The van der Waals surface area contributed by atoms with Crippen LogP contribution in [0.2, 0.25) is 0 Å². The number of fused-ring (bicyclic) bond motifs is 1. The molecule has 2 rings (SSSR count). The molecule has 0 aliphatic heterocycles. The van der Waals surface area contributed by atoms with Gasteiger partial charge in [-0.15, -0.1) is 0 Å². The molecule has 102 valence electrons. The quantitative estimate of drug-likeness (QED) is 0.845. The summed E-state index contributed by atoms with van der Waals surface area (Å²) in [6, 6.07) is 3.47. The third-order valence-electron chi connectivity index (χ3n) is 3.02. The summed E-state index contributed by atoms with van der Waals surface area (Å²) in [6.07, 6.45) is 0.912. The van der Waals surface area contributed by atoms with Crippen LogP contribution in [0.4, 0.5) is 0 Å². The SMILES string of the molecule is CCCNC(=O)C(C)n1c(=S)[nH]c2ccc(C)nc21. The molecular formula is C13H18N4OS. The molecule has 2 aromatic rings. The van der Waals surface area contributed by atoms with E-state index >= 15 is 0 Å². The van der Waals surface area contributed by atoms with Crippen molar-refractivity contribution in [2.75, 3.05) is 6.54 Å². The predicted molar refractivity (Wildman–Crippen MR) is 77.7 cm³/mol. The second-order valence-corrected chi connectivity index (χ2v) is 4.98. The van der Waals surface area contributed by atoms with Crippen molar-refractivity contribution in [3.05, 3.63) is 22.6 Å². The Morgan fingerprint density at radius 2 is 2.32 bits per heavy atom. The van der Waals surface area contributed by atoms with Gasteiger partial charge in [0.05, 0.1) is 5.52 Å². The molecule has 2 N–H and O–H groups in total. The smallest absolute Gasteiger partial charge is 0.242 e. The number of hydrogen-bond donors (Lipinski definition) is 2. The predicted octanol–water partition coefficient (Wildman–Crippen LogP) is 2.49. The molecule has 0 saturated carbocycles. The highest BCUT2D eigenvalue weighted by Gasteiger charge is 2.18. The molecule has 2 heterocycles. The third-order valence-corrected chi connectivity index (χ3v) is 3.32. The van der Waals surface area contributed by atoms with Crippen molar-refractivity contribution in [2.24, 2.45) is 0 Å². The van der Waals surface area contributed by atoms with Gasteiger partial charge in [0.25, 0.3) is 0 Å². The Kier molecular flexibility index (Phi) is 3.99. The standard InChI is InChI=1S/C13H18N4OS/c1-4-7-14-12(18)9(3)17-11-10(16-13(17)19)6-5-8(2)15-11/h5-6,9H,4,7H2,1-3H3,(H,14,18)(H,16,19). The van der Waals surface area contributed by atoms with E-state index in [0.29, 0.717) is 11.3 Å². The first-order valence-corrected chi connectivity index (χ1v) is 6.81. The highest BCUT2D eigenvalue weighted by Crippen LogP contribution is 2.18. The van der Waals surface area contributed by atoms with E-state index in [-0.39, 0.29) is 11.9 Å². The van der Waals surface area contributed by atoms with Gasteiger partial charge in [-0.05, 0) is 44.6 Å². The second-order valence-electron chi connectivity index (χ2n) is 4.59. The minimum absolute atomic E-state index is 0.0397. The number of nitrogens with zero attached hydrogens (tertiary/aromatic N) is 2. The number of rotatable bonds is 4. The van der Waals surface area contributed by atoms with Gasteiger partial charge < -0.3 is 10.3 Å². The van der Waals surface area contributed by atoms with Crippen molar-refractivity contribution in [1.82, 2.24) is 19.9 Å². The van der Waals surface area contributed by atoms with Gasteiger partial charge in [-0.2, -0.15) is 0 Å². The molecule has 0 aliphatic rings. The number of aryl methyl sites for hydroxylation is 1. The van der Waals surface area contributed by atoms with Gasteiger partial charge in [-0.25, -0.2) is 4.98 Å². The summed E-state index contributed by atoms with van der Waals surface area (Å²) >= 11 is 5.29. The van der Waals surface area contributed by atoms with Gasteiger partial charge in [-0.3, -0.25) is 9.36 Å². The maximum atomic E-state index is 12.1. The lowest BCUT2D eigenvalue weighted by molar-refractivity contribution is -0.123. The fourth-order valence-electron chi connectivity index (χ4n) is 1.97. The van der Waals surface area contributed by atoms with E-state index in [2.05, 4.69) is 15.3 Å². The van der Waals surface area contributed by atoms with E-state index in [1.54, 1.807) is 4.57 Å². The second kappa shape index (κ2) is 5.52. The average molecular weight is 278 g/mol. The van der Waals surface area contributed by atoms with Crippen molar-refractivity contribution in [1.29, 1.82) is 0 Å². The molecular weight excluding hydrogens is 260 g/mol. The van der Waals surface area contributed by atoms with E-state index in [4.69, 9.17) is 12.2 Å². The fourth-order valence-corrected chi connectivity index (χ4v) is 2.32. The summed E-state index contributed by atoms with van der Waals surface area (Å²) in [7, 11) is 0. The van der Waals surface area contributed by atoms with Gasteiger partial charge in [0.1, 0.15) is 6.04 Å². The van der Waals surface area contributed by atoms with Crippen LogP contribution in [0.25, 0.3) is 11.2 Å². The fraction of sp³-hybridized carbons (Fsp3) is 0.462. The molecule has 6 heteroatoms. The zero-order valence-electron chi connectivity index (χ0n) is 11.4. The highest BCUT2D eigenvalue weighted by molar-refractivity contribution is 7.71. The average Bonchev–Trinajstić information content (AvgIpc) is 2.70. The number of carbonyl (C=O) groups excluding carboxylic acids is 1. The molecule has 0 saturated heterocycles. The van der Waals surface area contributed by atoms with Crippen LogP contribution in [-0.2, 0) is 4.79 Å². The highest BCUT2D eigenvalue weighted by atomic mass is 32.1. The van der Waals surface area contributed by atoms with E-state index in [0.717, 1.165) is 23.3 Å². The van der Waals surface area contributed by atoms with E-state index in [1.807, 2.05) is 32.9 Å². The first kappa shape index (κ1) is 13.7. The zero-order valence-corrected chi connectivity index (χ0v) is 12.2. The summed E-state index contributed by atoms with van der Waals surface area (Å²) in [5, 5.41) is 2.88. The largest absolute Gasteiger partial charge is 0.354 e. The van der Waals surface area contributed by atoms with E-state index < -0.39 is 0 Å². The number of amides is 1. The lowest BCUT2D eigenvalue weighted by atomic mass is 10.3. The Morgan fingerprint density at radius 3 is 3.00 bits per heavy atom. The van der Waals surface area contributed by atoms with Gasteiger partial charge >= 0.3 is 0 Å². The Bertz CT molecular complexity index is 658. The number of imidazole rings is 1. The third kappa shape index (κ3) is 2.68. The van der Waals surface area contributed by atoms with Crippen LogP contribution < -0.4 is 5.32 Å². The first-order chi connectivity index (χ1) is 9.04. The summed E-state index contributed by atoms with van der Waals surface area (Å²) in [4.78, 5) is 19.6. The van der Waals surface area contributed by atoms with Gasteiger partial charge in [0.15, 0.2) is 10.4 Å². The summed E-state index contributed by atoms with van der Waals surface area (Å²) in [5.74, 6) is -0.0397. The maximum Gasteiger partial charge on any atom is 0.242 e. The lowest BCUT2D eigenvalue weighted by Gasteiger charge is -2.14. The molecule has 1 unspecified atom stereocenters. The summed E-state index contributed by atoms with van der Waals surface area (Å²) in [5.41, 5.74) is 2.48. The molecule has 0 bridgehead atoms. The van der Waals surface area contributed by atoms with E-state index in [9.17, 15) is 4.79 Å². The molecule has 0 fully saturated rings. The number of aromatic amines is 1. The van der Waals surface area contributed by atoms with Crippen molar-refractivity contribution >= 4 is 29.3 Å². The van der Waals surface area contributed by atoms with Crippen LogP contribution in [0, 0.1) is 11.7 Å². The first-order valence-electron chi connectivity index (χ1n) is 6.40. The lowest BCUT2D eigenvalue weighted by Crippen LogP contribution is -2.31. The molecule has 1 atom stereocenters. The van der Waals surface area contributed by atoms with Crippen LogP contribution >= 0.6 is 12.2 Å². The Labute approximate surface area is 117 Å². The van der Waals surface area contributed by atoms with Crippen molar-refractivity contribution in [3.63, 3.8) is 0 Å². The van der Waals surface area contributed by atoms with Crippen molar-refractivity contribution in [3.8, 4) is 0 Å². The molecule has 5 nitrogen and oxygen atoms in total. The van der Waals surface area contributed by atoms with Crippen LogP contribution in [0.5, 0.6) is 0 Å².